The molecule has 1 heterocycles. The van der Waals surface area contributed by atoms with Crippen molar-refractivity contribution in [3.8, 4) is 0 Å². The van der Waals surface area contributed by atoms with E-state index in [4.69, 9.17) is 5.73 Å². The van der Waals surface area contributed by atoms with Gasteiger partial charge >= 0.3 is 6.09 Å². The number of nitrogens with one attached hydrogen (secondary N) is 1. The van der Waals surface area contributed by atoms with E-state index in [9.17, 15) is 9.90 Å². The van der Waals surface area contributed by atoms with Crippen LogP contribution in [-0.2, 0) is 12.8 Å². The monoisotopic (exact) mass is 302 g/mol. The molecule has 0 radical (unpaired) electrons. The molecule has 5 heteroatoms. The second kappa shape index (κ2) is 5.41. The topological polar surface area (TPSA) is 79.1 Å². The van der Waals surface area contributed by atoms with Gasteiger partial charge in [-0.1, -0.05) is 0 Å². The number of aromatic amines is 1. The van der Waals surface area contributed by atoms with Gasteiger partial charge in [0.25, 0.3) is 0 Å². The fourth-order valence-electron chi connectivity index (χ4n) is 3.67. The minimum atomic E-state index is -0.801. The Morgan fingerprint density at radius 3 is 2.77 bits per heavy atom. The highest BCUT2D eigenvalue weighted by Gasteiger charge is 2.36. The number of hydrogen-bond acceptors (Lipinski definition) is 2. The highest BCUT2D eigenvalue weighted by molar-refractivity contribution is 5.91. The number of nitrogens with two attached hydrogens (primary N) is 1. The summed E-state index contributed by atoms with van der Waals surface area (Å²) in [5.41, 5.74) is 10.6. The summed E-state index contributed by atoms with van der Waals surface area (Å²) >= 11 is 0. The van der Waals surface area contributed by atoms with Crippen LogP contribution in [0.3, 0.4) is 0 Å². The van der Waals surface area contributed by atoms with Crippen LogP contribution in [0.5, 0.6) is 0 Å². The average Bonchev–Trinajstić information content (AvgIpc) is 2.86. The molecular formula is C17H24N3O2+. The van der Waals surface area contributed by atoms with Gasteiger partial charge in [-0.25, -0.2) is 0 Å². The Hall–Kier alpha value is -1.85. The Bertz CT molecular complexity index is 716. The molecular weight excluding hydrogens is 278 g/mol. The minimum Gasteiger partial charge on any atom is -0.435 e. The van der Waals surface area contributed by atoms with Crippen LogP contribution in [0.1, 0.15) is 31.5 Å². The van der Waals surface area contributed by atoms with Gasteiger partial charge in [-0.2, -0.15) is 9.28 Å². The summed E-state index contributed by atoms with van der Waals surface area (Å²) in [6.45, 7) is 4.90. The molecule has 3 rings (SSSR count). The number of carbonyl (C=O) groups is 1. The lowest BCUT2D eigenvalue weighted by atomic mass is 9.92. The quantitative estimate of drug-likeness (QED) is 0.763. The van der Waals surface area contributed by atoms with Crippen molar-refractivity contribution >= 4 is 22.7 Å². The predicted molar refractivity (Wildman–Crippen MR) is 89.2 cm³/mol. The molecule has 118 valence electrons. The fourth-order valence-corrected chi connectivity index (χ4v) is 3.67. The summed E-state index contributed by atoms with van der Waals surface area (Å²) in [5, 5.41) is 10.9. The Morgan fingerprint density at radius 2 is 2.14 bits per heavy atom. The van der Waals surface area contributed by atoms with Gasteiger partial charge in [-0.05, 0) is 44.7 Å². The van der Waals surface area contributed by atoms with E-state index in [2.05, 4.69) is 4.98 Å². The number of nitrogens with zero attached hydrogens (tertiary/aromatic N) is 1. The third-order valence-electron chi connectivity index (χ3n) is 5.15. The standard InChI is InChI=1S/C17H23N3O2/c1-3-20(4-2,17(21)22)12-6-8-16-14(10-12)13-9-11(18)5-7-15(13)19-16/h6,8,10-11,19H,3-5,7,9,18H2,1-2H3/p+1. The zero-order chi connectivity index (χ0) is 15.9. The Labute approximate surface area is 130 Å². The molecule has 1 amide bonds. The molecule has 0 bridgehead atoms. The van der Waals surface area contributed by atoms with E-state index in [-0.39, 0.29) is 10.5 Å². The molecule has 1 aliphatic rings. The van der Waals surface area contributed by atoms with Crippen molar-refractivity contribution in [2.24, 2.45) is 5.73 Å². The molecule has 0 spiro atoms. The van der Waals surface area contributed by atoms with Crippen molar-refractivity contribution in [1.29, 1.82) is 0 Å². The number of carboxylic acid groups (broad SMARTS) is 1. The van der Waals surface area contributed by atoms with Crippen LogP contribution in [0.15, 0.2) is 18.2 Å². The summed E-state index contributed by atoms with van der Waals surface area (Å²) in [4.78, 5) is 15.3. The second-order valence-corrected chi connectivity index (χ2v) is 6.20. The number of H-pyrrole nitrogens is 1. The van der Waals surface area contributed by atoms with Crippen molar-refractivity contribution in [2.75, 3.05) is 13.1 Å². The zero-order valence-electron chi connectivity index (χ0n) is 13.2. The van der Waals surface area contributed by atoms with Crippen molar-refractivity contribution in [3.05, 3.63) is 29.5 Å². The first-order chi connectivity index (χ1) is 10.5. The van der Waals surface area contributed by atoms with Crippen LogP contribution < -0.4 is 10.2 Å². The Kier molecular flexibility index (Phi) is 3.70. The molecule has 1 aromatic carbocycles. The predicted octanol–water partition coefficient (Wildman–Crippen LogP) is 3.01. The average molecular weight is 302 g/mol. The van der Waals surface area contributed by atoms with Crippen LogP contribution in [0.2, 0.25) is 0 Å². The molecule has 22 heavy (non-hydrogen) atoms. The van der Waals surface area contributed by atoms with Crippen LogP contribution in [0.25, 0.3) is 10.9 Å². The van der Waals surface area contributed by atoms with Crippen LogP contribution >= 0.6 is 0 Å². The van der Waals surface area contributed by atoms with E-state index in [1.54, 1.807) is 0 Å². The molecule has 1 unspecified atom stereocenters. The largest absolute Gasteiger partial charge is 0.518 e. The van der Waals surface area contributed by atoms with Crippen molar-refractivity contribution in [2.45, 2.75) is 39.2 Å². The summed E-state index contributed by atoms with van der Waals surface area (Å²) in [7, 11) is 0. The first-order valence-electron chi connectivity index (χ1n) is 8.02. The first kappa shape index (κ1) is 15.1. The Morgan fingerprint density at radius 1 is 1.41 bits per heavy atom. The smallest absolute Gasteiger partial charge is 0.435 e. The normalized spacial score (nSPS) is 18.4. The van der Waals surface area contributed by atoms with Gasteiger partial charge in [-0.3, -0.25) is 0 Å². The van der Waals surface area contributed by atoms with Gasteiger partial charge in [-0.15, -0.1) is 0 Å². The molecule has 0 saturated heterocycles. The number of quaternary nitrogens is 1. The van der Waals surface area contributed by atoms with E-state index in [1.165, 1.54) is 11.3 Å². The van der Waals surface area contributed by atoms with Gasteiger partial charge in [0.2, 0.25) is 0 Å². The summed E-state index contributed by atoms with van der Waals surface area (Å²) in [6.07, 6.45) is 2.04. The first-order valence-corrected chi connectivity index (χ1v) is 8.02. The van der Waals surface area contributed by atoms with Crippen LogP contribution in [0.4, 0.5) is 10.5 Å². The number of hydrogen-bond donors (Lipinski definition) is 3. The lowest BCUT2D eigenvalue weighted by Gasteiger charge is -2.29. The molecule has 2 aromatic rings. The number of aromatic nitrogens is 1. The van der Waals surface area contributed by atoms with Crippen molar-refractivity contribution in [3.63, 3.8) is 0 Å². The minimum absolute atomic E-state index is 0.0397. The summed E-state index contributed by atoms with van der Waals surface area (Å²) < 4.78 is -0.0397. The highest BCUT2D eigenvalue weighted by Crippen LogP contribution is 2.33. The van der Waals surface area contributed by atoms with Crippen LogP contribution in [-0.4, -0.2) is 35.3 Å². The van der Waals surface area contributed by atoms with Crippen molar-refractivity contribution in [1.82, 2.24) is 9.47 Å². The number of fused-ring (bicyclic) bond motifs is 3. The summed E-state index contributed by atoms with van der Waals surface area (Å²) in [6, 6.07) is 6.19. The van der Waals surface area contributed by atoms with Gasteiger partial charge in [0.1, 0.15) is 5.69 Å². The number of rotatable bonds is 3. The van der Waals surface area contributed by atoms with E-state index >= 15 is 0 Å². The van der Waals surface area contributed by atoms with E-state index in [0.717, 1.165) is 35.9 Å². The molecule has 1 aromatic heterocycles. The third kappa shape index (κ3) is 2.12. The SMILES string of the molecule is CC[N+](CC)(C(=O)O)c1ccc2[nH]c3c(c2c1)CC(N)CC3. The number of amides is 1. The van der Waals surface area contributed by atoms with Gasteiger partial charge in [0, 0.05) is 34.8 Å². The van der Waals surface area contributed by atoms with Crippen molar-refractivity contribution < 1.29 is 9.90 Å². The Balaban J connectivity index is 2.17. The van der Waals surface area contributed by atoms with Gasteiger partial charge < -0.3 is 15.8 Å². The van der Waals surface area contributed by atoms with E-state index < -0.39 is 6.09 Å². The molecule has 0 fully saturated rings. The van der Waals surface area contributed by atoms with Gasteiger partial charge in [0.15, 0.2) is 0 Å². The second-order valence-electron chi connectivity index (χ2n) is 6.20. The molecule has 1 aliphatic carbocycles. The lowest BCUT2D eigenvalue weighted by Crippen LogP contribution is -2.53. The molecule has 0 aliphatic heterocycles. The van der Waals surface area contributed by atoms with E-state index in [0.29, 0.717) is 13.1 Å². The highest BCUT2D eigenvalue weighted by atomic mass is 16.4. The van der Waals surface area contributed by atoms with E-state index in [1.807, 2.05) is 32.0 Å². The van der Waals surface area contributed by atoms with Gasteiger partial charge in [0.05, 0.1) is 13.1 Å². The fraction of sp³-hybridized carbons (Fsp3) is 0.471. The maximum Gasteiger partial charge on any atom is 0.518 e. The molecule has 0 saturated carbocycles. The molecule has 1 atom stereocenters. The lowest BCUT2D eigenvalue weighted by molar-refractivity contribution is 0.151. The number of benzene rings is 1. The summed E-state index contributed by atoms with van der Waals surface area (Å²) in [5.74, 6) is 0. The maximum atomic E-state index is 11.8. The van der Waals surface area contributed by atoms with Crippen LogP contribution in [0, 0.1) is 0 Å². The third-order valence-corrected chi connectivity index (χ3v) is 5.15. The molecule has 4 N–H and O–H groups in total. The maximum absolute atomic E-state index is 11.8. The molecule has 5 nitrogen and oxygen atoms in total. The number of aryl methyl sites for hydroxylation is 1. The zero-order valence-corrected chi connectivity index (χ0v) is 13.2.